The Bertz CT molecular complexity index is 858. The van der Waals surface area contributed by atoms with Crippen molar-refractivity contribution in [2.75, 3.05) is 12.3 Å². The first kappa shape index (κ1) is 18.9. The van der Waals surface area contributed by atoms with Crippen LogP contribution in [0.1, 0.15) is 76.0 Å². The van der Waals surface area contributed by atoms with Crippen molar-refractivity contribution in [3.63, 3.8) is 0 Å². The Morgan fingerprint density at radius 2 is 2.07 bits per heavy atom. The van der Waals surface area contributed by atoms with Gasteiger partial charge >= 0.3 is 0 Å². The molecule has 1 fully saturated rings. The smallest absolute Gasteiger partial charge is 0.180 e. The first-order valence-corrected chi connectivity index (χ1v) is 11.2. The number of aryl methyl sites for hydroxylation is 1. The van der Waals surface area contributed by atoms with Gasteiger partial charge in [-0.3, -0.25) is 0 Å². The average molecular weight is 385 g/mol. The summed E-state index contributed by atoms with van der Waals surface area (Å²) in [5, 5.41) is 12.9. The molecule has 3 nitrogen and oxygen atoms in total. The molecule has 1 heterocycles. The van der Waals surface area contributed by atoms with Gasteiger partial charge in [0.1, 0.15) is 0 Å². The number of hydrogen-bond donors (Lipinski definition) is 2. The van der Waals surface area contributed by atoms with Crippen LogP contribution in [-0.4, -0.2) is 16.7 Å². The summed E-state index contributed by atoms with van der Waals surface area (Å²) in [6.07, 6.45) is 5.83. The summed E-state index contributed by atoms with van der Waals surface area (Å²) in [7, 11) is 0. The van der Waals surface area contributed by atoms with E-state index in [1.807, 2.05) is 0 Å². The lowest BCUT2D eigenvalue weighted by Crippen LogP contribution is -2.50. The average Bonchev–Trinajstić information content (AvgIpc) is 3.07. The third-order valence-corrected chi connectivity index (χ3v) is 8.10. The SMILES string of the molecule is CC(C)c1cc2c(cc1-c1csc(N)n1)[C@@]1(C)CCC[C@@](C)(CO)[C@@H]1CC2. The second kappa shape index (κ2) is 6.59. The Kier molecular flexibility index (Phi) is 4.63. The Labute approximate surface area is 167 Å². The van der Waals surface area contributed by atoms with E-state index in [4.69, 9.17) is 5.73 Å². The molecule has 0 saturated heterocycles. The molecule has 0 unspecified atom stereocenters. The predicted molar refractivity (Wildman–Crippen MR) is 114 cm³/mol. The van der Waals surface area contributed by atoms with Gasteiger partial charge in [0.05, 0.1) is 5.69 Å². The molecule has 0 aliphatic heterocycles. The molecule has 3 atom stereocenters. The highest BCUT2D eigenvalue weighted by Crippen LogP contribution is 2.57. The van der Waals surface area contributed by atoms with E-state index in [9.17, 15) is 5.11 Å². The summed E-state index contributed by atoms with van der Waals surface area (Å²) in [5.41, 5.74) is 12.7. The molecule has 4 heteroatoms. The molecule has 0 spiro atoms. The fourth-order valence-electron chi connectivity index (χ4n) is 5.97. The zero-order valence-corrected chi connectivity index (χ0v) is 17.8. The fraction of sp³-hybridized carbons (Fsp3) is 0.609. The summed E-state index contributed by atoms with van der Waals surface area (Å²) in [4.78, 5) is 4.60. The number of aromatic nitrogens is 1. The van der Waals surface area contributed by atoms with Crippen molar-refractivity contribution in [3.8, 4) is 11.3 Å². The van der Waals surface area contributed by atoms with Gasteiger partial charge in [-0.15, -0.1) is 11.3 Å². The van der Waals surface area contributed by atoms with Gasteiger partial charge in [0, 0.05) is 17.6 Å². The summed E-state index contributed by atoms with van der Waals surface area (Å²) < 4.78 is 0. The molecule has 4 rings (SSSR count). The van der Waals surface area contributed by atoms with Crippen molar-refractivity contribution < 1.29 is 5.11 Å². The minimum atomic E-state index is 0.0344. The Balaban J connectivity index is 1.90. The lowest BCUT2D eigenvalue weighted by molar-refractivity contribution is -0.0178. The number of benzene rings is 1. The number of hydrogen-bond acceptors (Lipinski definition) is 4. The van der Waals surface area contributed by atoms with E-state index in [0.717, 1.165) is 18.5 Å². The quantitative estimate of drug-likeness (QED) is 0.732. The third kappa shape index (κ3) is 2.92. The maximum atomic E-state index is 10.2. The second-order valence-electron chi connectivity index (χ2n) is 9.50. The molecule has 2 aliphatic rings. The molecule has 0 amide bonds. The summed E-state index contributed by atoms with van der Waals surface area (Å²) >= 11 is 1.52. The number of fused-ring (bicyclic) bond motifs is 3. The van der Waals surface area contributed by atoms with Gasteiger partial charge in [-0.25, -0.2) is 4.98 Å². The van der Waals surface area contributed by atoms with E-state index in [1.54, 1.807) is 0 Å². The van der Waals surface area contributed by atoms with E-state index in [-0.39, 0.29) is 10.8 Å². The number of nitrogens with zero attached hydrogens (tertiary/aromatic N) is 1. The highest BCUT2D eigenvalue weighted by atomic mass is 32.1. The second-order valence-corrected chi connectivity index (χ2v) is 10.4. The number of nitrogens with two attached hydrogens (primary N) is 1. The van der Waals surface area contributed by atoms with Crippen LogP contribution < -0.4 is 5.73 Å². The molecule has 2 aliphatic carbocycles. The van der Waals surface area contributed by atoms with E-state index in [0.29, 0.717) is 23.6 Å². The van der Waals surface area contributed by atoms with Crippen LogP contribution in [0.5, 0.6) is 0 Å². The van der Waals surface area contributed by atoms with Gasteiger partial charge in [-0.1, -0.05) is 40.2 Å². The highest BCUT2D eigenvalue weighted by molar-refractivity contribution is 7.13. The van der Waals surface area contributed by atoms with Crippen molar-refractivity contribution in [2.45, 2.75) is 71.1 Å². The Morgan fingerprint density at radius 3 is 2.70 bits per heavy atom. The number of nitrogen functional groups attached to an aromatic ring is 1. The lowest BCUT2D eigenvalue weighted by Gasteiger charge is -2.55. The van der Waals surface area contributed by atoms with Gasteiger partial charge in [0.2, 0.25) is 0 Å². The molecule has 1 aromatic carbocycles. The lowest BCUT2D eigenvalue weighted by atomic mass is 9.50. The van der Waals surface area contributed by atoms with Crippen LogP contribution in [0.4, 0.5) is 5.13 Å². The number of thiazole rings is 1. The first-order chi connectivity index (χ1) is 12.8. The van der Waals surface area contributed by atoms with Crippen LogP contribution in [0.3, 0.4) is 0 Å². The van der Waals surface area contributed by atoms with E-state index < -0.39 is 0 Å². The number of aliphatic hydroxyl groups excluding tert-OH is 1. The molecule has 2 aromatic rings. The minimum absolute atomic E-state index is 0.0344. The van der Waals surface area contributed by atoms with E-state index in [2.05, 4.69) is 50.2 Å². The molecular formula is C23H32N2OS. The molecule has 1 aromatic heterocycles. The maximum absolute atomic E-state index is 10.2. The minimum Gasteiger partial charge on any atom is -0.396 e. The maximum Gasteiger partial charge on any atom is 0.180 e. The summed E-state index contributed by atoms with van der Waals surface area (Å²) in [6, 6.07) is 4.87. The van der Waals surface area contributed by atoms with Crippen LogP contribution in [0.2, 0.25) is 0 Å². The highest BCUT2D eigenvalue weighted by Gasteiger charge is 2.51. The van der Waals surface area contributed by atoms with E-state index in [1.165, 1.54) is 52.9 Å². The molecule has 27 heavy (non-hydrogen) atoms. The number of rotatable bonds is 3. The Hall–Kier alpha value is -1.39. The van der Waals surface area contributed by atoms with Crippen LogP contribution in [0, 0.1) is 11.3 Å². The third-order valence-electron chi connectivity index (χ3n) is 7.43. The molecular weight excluding hydrogens is 352 g/mol. The topological polar surface area (TPSA) is 59.1 Å². The number of anilines is 1. The van der Waals surface area contributed by atoms with Crippen LogP contribution in [-0.2, 0) is 11.8 Å². The van der Waals surface area contributed by atoms with Crippen LogP contribution in [0.25, 0.3) is 11.3 Å². The molecule has 1 saturated carbocycles. The first-order valence-electron chi connectivity index (χ1n) is 10.3. The van der Waals surface area contributed by atoms with Crippen molar-refractivity contribution in [1.29, 1.82) is 0 Å². The zero-order valence-electron chi connectivity index (χ0n) is 17.0. The standard InChI is InChI=1S/C23H32N2OS/c1-14(2)16-10-15-6-7-20-22(3,13-26)8-5-9-23(20,4)18(15)11-17(16)19-12-27-21(24)25-19/h10-12,14,20,26H,5-9,13H2,1-4H3,(H2,24,25)/t20-,22-,23+/m0/s1. The van der Waals surface area contributed by atoms with Crippen LogP contribution >= 0.6 is 11.3 Å². The molecule has 3 N–H and O–H groups in total. The van der Waals surface area contributed by atoms with Crippen molar-refractivity contribution >= 4 is 16.5 Å². The van der Waals surface area contributed by atoms with Gasteiger partial charge in [-0.2, -0.15) is 0 Å². The normalized spacial score (nSPS) is 30.2. The monoisotopic (exact) mass is 384 g/mol. The van der Waals surface area contributed by atoms with Gasteiger partial charge < -0.3 is 10.8 Å². The van der Waals surface area contributed by atoms with Gasteiger partial charge in [0.25, 0.3) is 0 Å². The molecule has 0 radical (unpaired) electrons. The van der Waals surface area contributed by atoms with Crippen LogP contribution in [0.15, 0.2) is 17.5 Å². The Morgan fingerprint density at radius 1 is 1.30 bits per heavy atom. The largest absolute Gasteiger partial charge is 0.396 e. The number of aliphatic hydroxyl groups is 1. The predicted octanol–water partition coefficient (Wildman–Crippen LogP) is 5.52. The molecule has 146 valence electrons. The van der Waals surface area contributed by atoms with Crippen molar-refractivity contribution in [3.05, 3.63) is 34.2 Å². The zero-order chi connectivity index (χ0) is 19.4. The summed E-state index contributed by atoms with van der Waals surface area (Å²) in [6.45, 7) is 9.55. The van der Waals surface area contributed by atoms with Crippen molar-refractivity contribution in [2.24, 2.45) is 11.3 Å². The van der Waals surface area contributed by atoms with E-state index >= 15 is 0 Å². The van der Waals surface area contributed by atoms with Gasteiger partial charge in [0.15, 0.2) is 5.13 Å². The van der Waals surface area contributed by atoms with Crippen molar-refractivity contribution in [1.82, 2.24) is 4.98 Å². The van der Waals surface area contributed by atoms with Gasteiger partial charge in [-0.05, 0) is 71.1 Å². The molecule has 0 bridgehead atoms. The summed E-state index contributed by atoms with van der Waals surface area (Å²) in [5.74, 6) is 0.988. The fourth-order valence-corrected chi connectivity index (χ4v) is 6.53.